The molecule has 1 aliphatic heterocycles. The van der Waals surface area contributed by atoms with Gasteiger partial charge >= 0.3 is 0 Å². The molecule has 1 fully saturated rings. The number of piperidine rings is 1. The third kappa shape index (κ3) is 2.34. The van der Waals surface area contributed by atoms with E-state index in [-0.39, 0.29) is 10.9 Å². The number of hydrogen-bond donors (Lipinski definition) is 1. The van der Waals surface area contributed by atoms with Crippen LogP contribution in [0.1, 0.15) is 13.3 Å². The summed E-state index contributed by atoms with van der Waals surface area (Å²) in [6.07, 6.45) is 2.39. The van der Waals surface area contributed by atoms with Crippen molar-refractivity contribution in [2.45, 2.75) is 18.7 Å². The Morgan fingerprint density at radius 3 is 3.12 bits per heavy atom. The third-order valence-electron chi connectivity index (χ3n) is 2.88. The molecule has 1 N–H and O–H groups in total. The molecule has 0 spiro atoms. The zero-order valence-electron chi connectivity index (χ0n) is 8.91. The van der Waals surface area contributed by atoms with Gasteiger partial charge < -0.3 is 9.88 Å². The van der Waals surface area contributed by atoms with E-state index in [2.05, 4.69) is 21.8 Å². The van der Waals surface area contributed by atoms with Crippen molar-refractivity contribution < 1.29 is 0 Å². The van der Waals surface area contributed by atoms with Crippen molar-refractivity contribution in [3.63, 3.8) is 0 Å². The number of rotatable bonds is 1. The molecule has 0 aliphatic carbocycles. The maximum atomic E-state index is 11.5. The fourth-order valence-corrected chi connectivity index (χ4v) is 2.72. The Morgan fingerprint density at radius 2 is 2.44 bits per heavy atom. The molecule has 2 heterocycles. The number of H-pyrrole nitrogens is 1. The van der Waals surface area contributed by atoms with Crippen LogP contribution in [0.25, 0.3) is 0 Å². The molecule has 0 bridgehead atoms. The fraction of sp³-hybridized carbons (Fsp3) is 0.600. The predicted octanol–water partition coefficient (Wildman–Crippen LogP) is 1.83. The summed E-state index contributed by atoms with van der Waals surface area (Å²) in [5.74, 6) is 1.20. The lowest BCUT2D eigenvalue weighted by atomic mass is 10.00. The molecule has 88 valence electrons. The number of nitrogens with one attached hydrogen (secondary N) is 1. The topological polar surface area (TPSA) is 49.0 Å². The van der Waals surface area contributed by atoms with Gasteiger partial charge in [0.1, 0.15) is 9.39 Å². The first-order chi connectivity index (χ1) is 7.59. The third-order valence-corrected chi connectivity index (χ3v) is 4.50. The first-order valence-electron chi connectivity index (χ1n) is 5.22. The van der Waals surface area contributed by atoms with Gasteiger partial charge in [0.05, 0.1) is 6.33 Å². The number of aromatic amines is 1. The molecule has 6 heteroatoms. The molecule has 1 aromatic rings. The van der Waals surface area contributed by atoms with Gasteiger partial charge in [0.2, 0.25) is 0 Å². The van der Waals surface area contributed by atoms with Gasteiger partial charge in [-0.05, 0) is 34.9 Å². The van der Waals surface area contributed by atoms with E-state index in [0.717, 1.165) is 25.3 Å². The highest BCUT2D eigenvalue weighted by molar-refractivity contribution is 14.1. The van der Waals surface area contributed by atoms with Crippen molar-refractivity contribution in [1.29, 1.82) is 0 Å². The lowest BCUT2D eigenvalue weighted by Crippen LogP contribution is -2.41. The Bertz CT molecular complexity index is 436. The van der Waals surface area contributed by atoms with E-state index in [1.807, 2.05) is 22.6 Å². The van der Waals surface area contributed by atoms with Crippen LogP contribution in [0.3, 0.4) is 0 Å². The van der Waals surface area contributed by atoms with Crippen molar-refractivity contribution in [1.82, 2.24) is 9.97 Å². The van der Waals surface area contributed by atoms with Gasteiger partial charge in [-0.15, -0.1) is 11.6 Å². The van der Waals surface area contributed by atoms with Gasteiger partial charge in [-0.2, -0.15) is 0 Å². The lowest BCUT2D eigenvalue weighted by molar-refractivity contribution is 0.451. The number of halogens is 2. The zero-order valence-corrected chi connectivity index (χ0v) is 11.8. The summed E-state index contributed by atoms with van der Waals surface area (Å²) in [7, 11) is 0. The molecule has 0 radical (unpaired) electrons. The maximum absolute atomic E-state index is 11.5. The smallest absolute Gasteiger partial charge is 0.266 e. The lowest BCUT2D eigenvalue weighted by Gasteiger charge is -2.35. The van der Waals surface area contributed by atoms with Crippen molar-refractivity contribution >= 4 is 40.0 Å². The minimum atomic E-state index is -0.0775. The molecule has 2 rings (SSSR count). The van der Waals surface area contributed by atoms with Crippen molar-refractivity contribution in [2.24, 2.45) is 5.92 Å². The summed E-state index contributed by atoms with van der Waals surface area (Å²) < 4.78 is 0.653. The molecule has 0 saturated carbocycles. The van der Waals surface area contributed by atoms with Crippen LogP contribution < -0.4 is 10.5 Å². The molecule has 1 saturated heterocycles. The van der Waals surface area contributed by atoms with Gasteiger partial charge in [0.25, 0.3) is 5.56 Å². The van der Waals surface area contributed by atoms with E-state index in [1.165, 1.54) is 6.33 Å². The minimum absolute atomic E-state index is 0.0775. The number of alkyl halides is 1. The Morgan fingerprint density at radius 1 is 1.69 bits per heavy atom. The second-order valence-corrected chi connectivity index (χ2v) is 5.74. The second-order valence-electron chi connectivity index (χ2n) is 4.10. The molecule has 1 aromatic heterocycles. The van der Waals surface area contributed by atoms with Crippen LogP contribution in [0.5, 0.6) is 0 Å². The SMILES string of the molecule is CC1CN(c2nc[nH]c(=O)c2I)CCC1Cl. The zero-order chi connectivity index (χ0) is 11.7. The number of nitrogens with zero attached hydrogens (tertiary/aromatic N) is 2. The highest BCUT2D eigenvalue weighted by Gasteiger charge is 2.26. The highest BCUT2D eigenvalue weighted by Crippen LogP contribution is 2.26. The number of aromatic nitrogens is 2. The molecular weight excluding hydrogens is 340 g/mol. The van der Waals surface area contributed by atoms with Crippen LogP contribution in [0.15, 0.2) is 11.1 Å². The fourth-order valence-electron chi connectivity index (χ4n) is 1.90. The van der Waals surface area contributed by atoms with Crippen LogP contribution in [0, 0.1) is 9.49 Å². The molecule has 2 atom stereocenters. The summed E-state index contributed by atoms with van der Waals surface area (Å²) in [5, 5.41) is 0.232. The summed E-state index contributed by atoms with van der Waals surface area (Å²) >= 11 is 8.21. The van der Waals surface area contributed by atoms with E-state index >= 15 is 0 Å². The Labute approximate surface area is 113 Å². The Balaban J connectivity index is 2.25. The first-order valence-corrected chi connectivity index (χ1v) is 6.73. The summed E-state index contributed by atoms with van der Waals surface area (Å²) in [5.41, 5.74) is -0.0775. The maximum Gasteiger partial charge on any atom is 0.266 e. The van der Waals surface area contributed by atoms with Gasteiger partial charge in [0, 0.05) is 18.5 Å². The molecule has 2 unspecified atom stereocenters. The average molecular weight is 354 g/mol. The van der Waals surface area contributed by atoms with E-state index in [0.29, 0.717) is 9.49 Å². The monoisotopic (exact) mass is 353 g/mol. The molecule has 0 aromatic carbocycles. The average Bonchev–Trinajstić information content (AvgIpc) is 2.26. The number of anilines is 1. The van der Waals surface area contributed by atoms with Crippen molar-refractivity contribution in [2.75, 3.05) is 18.0 Å². The standard InChI is InChI=1S/C10H13ClIN3O/c1-6-4-15(3-2-7(6)11)9-8(12)10(16)14-5-13-9/h5-7H,2-4H2,1H3,(H,13,14,16). The van der Waals surface area contributed by atoms with Gasteiger partial charge in [-0.1, -0.05) is 6.92 Å². The molecule has 16 heavy (non-hydrogen) atoms. The summed E-state index contributed by atoms with van der Waals surface area (Å²) in [6.45, 7) is 3.86. The highest BCUT2D eigenvalue weighted by atomic mass is 127. The van der Waals surface area contributed by atoms with Crippen LogP contribution in [0.4, 0.5) is 5.82 Å². The molecule has 1 aliphatic rings. The Hall–Kier alpha value is -0.300. The molecule has 4 nitrogen and oxygen atoms in total. The number of hydrogen-bond acceptors (Lipinski definition) is 3. The quantitative estimate of drug-likeness (QED) is 0.619. The van der Waals surface area contributed by atoms with Gasteiger partial charge in [-0.3, -0.25) is 4.79 Å². The van der Waals surface area contributed by atoms with E-state index in [4.69, 9.17) is 11.6 Å². The van der Waals surface area contributed by atoms with Crippen LogP contribution in [0.2, 0.25) is 0 Å². The first kappa shape index (κ1) is 12.2. The van der Waals surface area contributed by atoms with Gasteiger partial charge in [0.15, 0.2) is 0 Å². The summed E-state index contributed by atoms with van der Waals surface area (Å²) in [4.78, 5) is 20.4. The van der Waals surface area contributed by atoms with Gasteiger partial charge in [-0.25, -0.2) is 4.98 Å². The normalized spacial score (nSPS) is 25.8. The summed E-state index contributed by atoms with van der Waals surface area (Å²) in [6, 6.07) is 0. The largest absolute Gasteiger partial charge is 0.355 e. The minimum Gasteiger partial charge on any atom is -0.355 e. The van der Waals surface area contributed by atoms with E-state index in [1.54, 1.807) is 0 Å². The molecule has 0 amide bonds. The van der Waals surface area contributed by atoms with Crippen molar-refractivity contribution in [3.8, 4) is 0 Å². The van der Waals surface area contributed by atoms with E-state index < -0.39 is 0 Å². The van der Waals surface area contributed by atoms with Crippen LogP contribution in [-0.4, -0.2) is 28.4 Å². The van der Waals surface area contributed by atoms with Crippen LogP contribution >= 0.6 is 34.2 Å². The van der Waals surface area contributed by atoms with Crippen molar-refractivity contribution in [3.05, 3.63) is 20.3 Å². The predicted molar refractivity (Wildman–Crippen MR) is 73.2 cm³/mol. The second kappa shape index (κ2) is 4.91. The van der Waals surface area contributed by atoms with Crippen LogP contribution in [-0.2, 0) is 0 Å². The Kier molecular flexibility index (Phi) is 3.73. The molecular formula is C10H13ClIN3O. The van der Waals surface area contributed by atoms with E-state index in [9.17, 15) is 4.79 Å².